The van der Waals surface area contributed by atoms with Crippen LogP contribution in [0.25, 0.3) is 0 Å². The molecule has 1 aliphatic rings. The summed E-state index contributed by atoms with van der Waals surface area (Å²) in [6, 6.07) is 21.4. The minimum Gasteiger partial charge on any atom is -0.352 e. The highest BCUT2D eigenvalue weighted by molar-refractivity contribution is 7.92. The number of anilines is 1. The van der Waals surface area contributed by atoms with Crippen LogP contribution in [0, 0.1) is 12.7 Å². The Hall–Kier alpha value is -3.72. The average molecular weight is 580 g/mol. The molecule has 0 aromatic heterocycles. The summed E-state index contributed by atoms with van der Waals surface area (Å²) in [4.78, 5) is 29.4. The third kappa shape index (κ3) is 8.16. The van der Waals surface area contributed by atoms with Crippen LogP contribution in [0.3, 0.4) is 0 Å². The molecular formula is C32H38FN3O4S. The minimum atomic E-state index is -3.87. The summed E-state index contributed by atoms with van der Waals surface area (Å²) < 4.78 is 41.8. The van der Waals surface area contributed by atoms with Crippen molar-refractivity contribution >= 4 is 27.5 Å². The van der Waals surface area contributed by atoms with E-state index in [4.69, 9.17) is 0 Å². The van der Waals surface area contributed by atoms with Gasteiger partial charge in [0.15, 0.2) is 0 Å². The maximum absolute atomic E-state index is 14.9. The molecule has 0 bridgehead atoms. The molecule has 0 spiro atoms. The first-order chi connectivity index (χ1) is 19.6. The molecule has 41 heavy (non-hydrogen) atoms. The highest BCUT2D eigenvalue weighted by Crippen LogP contribution is 2.24. The number of nitrogens with zero attached hydrogens (tertiary/aromatic N) is 2. The van der Waals surface area contributed by atoms with Gasteiger partial charge in [-0.15, -0.1) is 0 Å². The van der Waals surface area contributed by atoms with E-state index in [9.17, 15) is 22.4 Å². The molecule has 1 N–H and O–H groups in total. The number of sulfonamides is 1. The van der Waals surface area contributed by atoms with Crippen molar-refractivity contribution < 1.29 is 22.4 Å². The van der Waals surface area contributed by atoms with Gasteiger partial charge in [0.1, 0.15) is 18.4 Å². The summed E-state index contributed by atoms with van der Waals surface area (Å²) in [5.74, 6) is -1.43. The molecular weight excluding hydrogens is 541 g/mol. The van der Waals surface area contributed by atoms with Gasteiger partial charge < -0.3 is 10.2 Å². The molecule has 3 aromatic carbocycles. The first-order valence-electron chi connectivity index (χ1n) is 14.0. The third-order valence-electron chi connectivity index (χ3n) is 7.58. The molecule has 218 valence electrons. The maximum atomic E-state index is 14.9. The van der Waals surface area contributed by atoms with Crippen LogP contribution >= 0.6 is 0 Å². The monoisotopic (exact) mass is 579 g/mol. The molecule has 2 amide bonds. The van der Waals surface area contributed by atoms with Crippen LogP contribution in [0.2, 0.25) is 0 Å². The second kappa shape index (κ2) is 13.8. The van der Waals surface area contributed by atoms with Gasteiger partial charge in [0.25, 0.3) is 0 Å². The van der Waals surface area contributed by atoms with Crippen LogP contribution in [0.15, 0.2) is 78.9 Å². The van der Waals surface area contributed by atoms with Crippen LogP contribution in [0.4, 0.5) is 10.1 Å². The van der Waals surface area contributed by atoms with Crippen LogP contribution in [-0.2, 0) is 32.6 Å². The van der Waals surface area contributed by atoms with Gasteiger partial charge in [0.05, 0.1) is 11.9 Å². The quantitative estimate of drug-likeness (QED) is 0.347. The van der Waals surface area contributed by atoms with E-state index in [2.05, 4.69) is 5.32 Å². The largest absolute Gasteiger partial charge is 0.352 e. The number of halogens is 1. The summed E-state index contributed by atoms with van der Waals surface area (Å²) in [6.45, 7) is 1.05. The predicted molar refractivity (Wildman–Crippen MR) is 159 cm³/mol. The highest BCUT2D eigenvalue weighted by Gasteiger charge is 2.34. The van der Waals surface area contributed by atoms with Crippen LogP contribution in [-0.4, -0.2) is 50.0 Å². The van der Waals surface area contributed by atoms with Crippen molar-refractivity contribution in [3.8, 4) is 0 Å². The normalized spacial score (nSPS) is 14.7. The lowest BCUT2D eigenvalue weighted by Crippen LogP contribution is -2.55. The second-order valence-electron chi connectivity index (χ2n) is 10.7. The first-order valence-corrected chi connectivity index (χ1v) is 15.9. The van der Waals surface area contributed by atoms with Crippen molar-refractivity contribution in [1.82, 2.24) is 10.2 Å². The standard InChI is InChI=1S/C32H38FN3O4S/c1-24-13-9-12-20-29(24)36(41(2,39)40)23-31(37)35(22-26-16-10-11-19-28(26)33)30(21-25-14-5-3-6-15-25)32(38)34-27-17-7-4-8-18-27/h3,5-6,9-16,19-20,27,30H,4,7-8,17-18,21-23H2,1-2H3,(H,34,38). The van der Waals surface area contributed by atoms with Crippen LogP contribution < -0.4 is 9.62 Å². The molecule has 1 saturated carbocycles. The van der Waals surface area contributed by atoms with E-state index >= 15 is 0 Å². The van der Waals surface area contributed by atoms with Crippen molar-refractivity contribution in [3.63, 3.8) is 0 Å². The Kier molecular flexibility index (Phi) is 10.2. The fourth-order valence-electron chi connectivity index (χ4n) is 5.35. The number of carbonyl (C=O) groups excluding carboxylic acids is 2. The molecule has 1 unspecified atom stereocenters. The molecule has 4 rings (SSSR count). The van der Waals surface area contributed by atoms with Gasteiger partial charge >= 0.3 is 0 Å². The highest BCUT2D eigenvalue weighted by atomic mass is 32.2. The van der Waals surface area contributed by atoms with Crippen molar-refractivity contribution in [1.29, 1.82) is 0 Å². The Morgan fingerprint density at radius 2 is 1.56 bits per heavy atom. The Bertz CT molecular complexity index is 1440. The molecule has 0 aliphatic heterocycles. The molecule has 3 aromatic rings. The van der Waals surface area contributed by atoms with Gasteiger partial charge in [-0.25, -0.2) is 12.8 Å². The minimum absolute atomic E-state index is 0.000534. The summed E-state index contributed by atoms with van der Waals surface area (Å²) in [7, 11) is -3.87. The van der Waals surface area contributed by atoms with E-state index in [-0.39, 0.29) is 30.5 Å². The Balaban J connectivity index is 1.74. The fourth-order valence-corrected chi connectivity index (χ4v) is 6.25. The molecule has 9 heteroatoms. The van der Waals surface area contributed by atoms with Gasteiger partial charge in [-0.2, -0.15) is 0 Å². The van der Waals surface area contributed by atoms with Gasteiger partial charge in [-0.1, -0.05) is 86.0 Å². The SMILES string of the molecule is Cc1ccccc1N(CC(=O)N(Cc1ccccc1F)C(Cc1ccccc1)C(=O)NC1CCCCC1)S(C)(=O)=O. The van der Waals surface area contributed by atoms with Crippen molar-refractivity contribution in [3.05, 3.63) is 101 Å². The van der Waals surface area contributed by atoms with E-state index in [0.29, 0.717) is 11.3 Å². The zero-order valence-corrected chi connectivity index (χ0v) is 24.4. The third-order valence-corrected chi connectivity index (χ3v) is 8.71. The summed E-state index contributed by atoms with van der Waals surface area (Å²) in [6.07, 6.45) is 6.13. The molecule has 0 radical (unpaired) electrons. The van der Waals surface area contributed by atoms with Gasteiger partial charge in [0, 0.05) is 24.6 Å². The number of benzene rings is 3. The molecule has 0 saturated heterocycles. The number of hydrogen-bond acceptors (Lipinski definition) is 4. The summed E-state index contributed by atoms with van der Waals surface area (Å²) >= 11 is 0. The van der Waals surface area contributed by atoms with Gasteiger partial charge in [0.2, 0.25) is 21.8 Å². The lowest BCUT2D eigenvalue weighted by atomic mass is 9.94. The second-order valence-corrected chi connectivity index (χ2v) is 12.6. The van der Waals surface area contributed by atoms with Crippen molar-refractivity contribution in [2.75, 3.05) is 17.1 Å². The molecule has 1 aliphatic carbocycles. The number of hydrogen-bond donors (Lipinski definition) is 1. The topological polar surface area (TPSA) is 86.8 Å². The number of para-hydroxylation sites is 1. The maximum Gasteiger partial charge on any atom is 0.244 e. The van der Waals surface area contributed by atoms with E-state index in [1.54, 1.807) is 49.4 Å². The van der Waals surface area contributed by atoms with Crippen molar-refractivity contribution in [2.24, 2.45) is 0 Å². The van der Waals surface area contributed by atoms with Crippen LogP contribution in [0.5, 0.6) is 0 Å². The Morgan fingerprint density at radius 1 is 0.927 bits per heavy atom. The number of rotatable bonds is 11. The fraction of sp³-hybridized carbons (Fsp3) is 0.375. The van der Waals surface area contributed by atoms with E-state index < -0.39 is 34.3 Å². The van der Waals surface area contributed by atoms with Crippen molar-refractivity contribution in [2.45, 2.75) is 64.1 Å². The number of amides is 2. The van der Waals surface area contributed by atoms with Gasteiger partial charge in [-0.05, 0) is 43.0 Å². The van der Waals surface area contributed by atoms with Crippen LogP contribution in [0.1, 0.15) is 48.8 Å². The summed E-state index contributed by atoms with van der Waals surface area (Å²) in [5, 5.41) is 3.14. The number of aryl methyl sites for hydroxylation is 1. The summed E-state index contributed by atoms with van der Waals surface area (Å²) in [5.41, 5.74) is 2.13. The molecule has 0 heterocycles. The Labute approximate surface area is 242 Å². The lowest BCUT2D eigenvalue weighted by molar-refractivity contribution is -0.140. The Morgan fingerprint density at radius 3 is 2.22 bits per heavy atom. The first kappa shape index (κ1) is 30.2. The molecule has 1 fully saturated rings. The molecule has 7 nitrogen and oxygen atoms in total. The number of nitrogens with one attached hydrogen (secondary N) is 1. The van der Waals surface area contributed by atoms with E-state index in [0.717, 1.165) is 48.2 Å². The van der Waals surface area contributed by atoms with Gasteiger partial charge in [-0.3, -0.25) is 13.9 Å². The van der Waals surface area contributed by atoms with E-state index in [1.807, 2.05) is 30.3 Å². The lowest BCUT2D eigenvalue weighted by Gasteiger charge is -2.35. The zero-order valence-electron chi connectivity index (χ0n) is 23.6. The molecule has 1 atom stereocenters. The number of carbonyl (C=O) groups is 2. The van der Waals surface area contributed by atoms with E-state index in [1.165, 1.54) is 11.0 Å². The smallest absolute Gasteiger partial charge is 0.244 e. The predicted octanol–water partition coefficient (Wildman–Crippen LogP) is 4.99. The zero-order chi connectivity index (χ0) is 29.4. The average Bonchev–Trinajstić information content (AvgIpc) is 2.95.